The van der Waals surface area contributed by atoms with E-state index in [4.69, 9.17) is 4.74 Å². The minimum atomic E-state index is -0.528. The average Bonchev–Trinajstić information content (AvgIpc) is 2.27. The van der Waals surface area contributed by atoms with Crippen molar-refractivity contribution in [3.8, 4) is 5.75 Å². The molecule has 0 heterocycles. The fourth-order valence-electron chi connectivity index (χ4n) is 1.46. The van der Waals surface area contributed by atoms with Gasteiger partial charge >= 0.3 is 0 Å². The summed E-state index contributed by atoms with van der Waals surface area (Å²) in [5.41, 5.74) is 0.558. The lowest BCUT2D eigenvalue weighted by molar-refractivity contribution is 0.0703. The molecule has 1 unspecified atom stereocenters. The van der Waals surface area contributed by atoms with E-state index >= 15 is 0 Å². The highest BCUT2D eigenvalue weighted by atomic mass is 16.5. The Bertz CT molecular complexity index is 363. The fourth-order valence-corrected chi connectivity index (χ4v) is 1.46. The maximum absolute atomic E-state index is 11.9. The van der Waals surface area contributed by atoms with Gasteiger partial charge in [0, 0.05) is 19.2 Å². The molecule has 0 aliphatic carbocycles. The monoisotopic (exact) mass is 223 g/mol. The number of benzene rings is 1. The SMILES string of the molecule is COc1cccc(C(=O)N(C)CC(C)O)c1. The topological polar surface area (TPSA) is 49.8 Å². The normalized spacial score (nSPS) is 12.0. The first-order valence-corrected chi connectivity index (χ1v) is 5.12. The molecule has 0 aromatic heterocycles. The smallest absolute Gasteiger partial charge is 0.253 e. The number of hydrogen-bond donors (Lipinski definition) is 1. The van der Waals surface area contributed by atoms with Crippen LogP contribution in [-0.2, 0) is 0 Å². The third-order valence-corrected chi connectivity index (χ3v) is 2.20. The van der Waals surface area contributed by atoms with E-state index in [1.165, 1.54) is 4.90 Å². The number of carbonyl (C=O) groups excluding carboxylic acids is 1. The molecule has 0 saturated carbocycles. The molecule has 0 aliphatic heterocycles. The van der Waals surface area contributed by atoms with Gasteiger partial charge in [-0.2, -0.15) is 0 Å². The van der Waals surface area contributed by atoms with E-state index in [2.05, 4.69) is 0 Å². The molecule has 0 saturated heterocycles. The fraction of sp³-hybridized carbons (Fsp3) is 0.417. The Kier molecular flexibility index (Phi) is 4.31. The van der Waals surface area contributed by atoms with Crippen LogP contribution in [0, 0.1) is 0 Å². The molecule has 0 spiro atoms. The van der Waals surface area contributed by atoms with E-state index in [9.17, 15) is 9.90 Å². The van der Waals surface area contributed by atoms with Crippen LogP contribution in [0.3, 0.4) is 0 Å². The van der Waals surface area contributed by atoms with E-state index in [1.807, 2.05) is 0 Å². The van der Waals surface area contributed by atoms with Gasteiger partial charge in [-0.15, -0.1) is 0 Å². The lowest BCUT2D eigenvalue weighted by Crippen LogP contribution is -2.33. The highest BCUT2D eigenvalue weighted by Crippen LogP contribution is 2.13. The Morgan fingerprint density at radius 1 is 1.56 bits per heavy atom. The number of rotatable bonds is 4. The van der Waals surface area contributed by atoms with Crippen LogP contribution < -0.4 is 4.74 Å². The predicted molar refractivity (Wildman–Crippen MR) is 61.6 cm³/mol. The van der Waals surface area contributed by atoms with Gasteiger partial charge in [0.2, 0.25) is 0 Å². The summed E-state index contributed by atoms with van der Waals surface area (Å²) in [5, 5.41) is 9.20. The number of aliphatic hydroxyl groups is 1. The van der Waals surface area contributed by atoms with Crippen LogP contribution in [-0.4, -0.2) is 42.7 Å². The van der Waals surface area contributed by atoms with E-state index in [0.29, 0.717) is 17.9 Å². The molecule has 0 bridgehead atoms. The van der Waals surface area contributed by atoms with Crippen LogP contribution in [0.25, 0.3) is 0 Å². The average molecular weight is 223 g/mol. The molecule has 88 valence electrons. The van der Waals surface area contributed by atoms with Crippen LogP contribution in [0.1, 0.15) is 17.3 Å². The zero-order valence-electron chi connectivity index (χ0n) is 9.80. The second-order valence-electron chi connectivity index (χ2n) is 3.77. The molecular formula is C12H17NO3. The number of likely N-dealkylation sites (N-methyl/N-ethyl adjacent to an activating group) is 1. The second-order valence-corrected chi connectivity index (χ2v) is 3.77. The van der Waals surface area contributed by atoms with Crippen molar-refractivity contribution in [3.63, 3.8) is 0 Å². The lowest BCUT2D eigenvalue weighted by atomic mass is 10.2. The number of amides is 1. The molecule has 1 rings (SSSR count). The summed E-state index contributed by atoms with van der Waals surface area (Å²) in [4.78, 5) is 13.4. The van der Waals surface area contributed by atoms with Crippen molar-refractivity contribution in [2.24, 2.45) is 0 Å². The molecule has 1 aromatic rings. The molecule has 1 amide bonds. The number of ether oxygens (including phenoxy) is 1. The number of hydrogen-bond acceptors (Lipinski definition) is 3. The Labute approximate surface area is 95.5 Å². The molecule has 0 aliphatic rings. The molecule has 1 aromatic carbocycles. The van der Waals surface area contributed by atoms with E-state index < -0.39 is 6.10 Å². The summed E-state index contributed by atoms with van der Waals surface area (Å²) in [6.07, 6.45) is -0.528. The number of carbonyl (C=O) groups is 1. The van der Waals surface area contributed by atoms with Crippen LogP contribution in [0.5, 0.6) is 5.75 Å². The molecular weight excluding hydrogens is 206 g/mol. The van der Waals surface area contributed by atoms with Crippen LogP contribution >= 0.6 is 0 Å². The molecule has 1 atom stereocenters. The van der Waals surface area contributed by atoms with Crippen molar-refractivity contribution in [2.45, 2.75) is 13.0 Å². The summed E-state index contributed by atoms with van der Waals surface area (Å²) in [7, 11) is 3.22. The minimum Gasteiger partial charge on any atom is -0.497 e. The third kappa shape index (κ3) is 3.24. The summed E-state index contributed by atoms with van der Waals surface area (Å²) >= 11 is 0. The summed E-state index contributed by atoms with van der Waals surface area (Å²) in [6.45, 7) is 1.96. The van der Waals surface area contributed by atoms with Crippen molar-refractivity contribution < 1.29 is 14.6 Å². The van der Waals surface area contributed by atoms with Crippen LogP contribution in [0.15, 0.2) is 24.3 Å². The van der Waals surface area contributed by atoms with Gasteiger partial charge in [-0.1, -0.05) is 6.07 Å². The first kappa shape index (κ1) is 12.5. The Morgan fingerprint density at radius 2 is 2.25 bits per heavy atom. The number of aliphatic hydroxyl groups excluding tert-OH is 1. The van der Waals surface area contributed by atoms with E-state index in [-0.39, 0.29) is 5.91 Å². The van der Waals surface area contributed by atoms with Crippen molar-refractivity contribution in [1.29, 1.82) is 0 Å². The zero-order valence-corrected chi connectivity index (χ0v) is 9.80. The summed E-state index contributed by atoms with van der Waals surface area (Å²) in [5.74, 6) is 0.524. The van der Waals surface area contributed by atoms with Crippen molar-refractivity contribution in [1.82, 2.24) is 4.90 Å². The first-order chi connectivity index (χ1) is 7.54. The zero-order chi connectivity index (χ0) is 12.1. The van der Waals surface area contributed by atoms with Crippen molar-refractivity contribution in [2.75, 3.05) is 20.7 Å². The van der Waals surface area contributed by atoms with Gasteiger partial charge in [0.25, 0.3) is 5.91 Å². The van der Waals surface area contributed by atoms with E-state index in [0.717, 1.165) is 0 Å². The Balaban J connectivity index is 2.79. The highest BCUT2D eigenvalue weighted by molar-refractivity contribution is 5.94. The van der Waals surface area contributed by atoms with Crippen LogP contribution in [0.4, 0.5) is 0 Å². The third-order valence-electron chi connectivity index (χ3n) is 2.20. The second kappa shape index (κ2) is 5.51. The molecule has 4 nitrogen and oxygen atoms in total. The standard InChI is InChI=1S/C12H17NO3/c1-9(14)8-13(2)12(15)10-5-4-6-11(7-10)16-3/h4-7,9,14H,8H2,1-3H3. The largest absolute Gasteiger partial charge is 0.497 e. The summed E-state index contributed by atoms with van der Waals surface area (Å²) < 4.78 is 5.05. The van der Waals surface area contributed by atoms with Gasteiger partial charge in [0.1, 0.15) is 5.75 Å². The minimum absolute atomic E-state index is 0.125. The Hall–Kier alpha value is -1.55. The highest BCUT2D eigenvalue weighted by Gasteiger charge is 2.13. The molecule has 0 fully saturated rings. The molecule has 4 heteroatoms. The summed E-state index contributed by atoms with van der Waals surface area (Å²) in [6, 6.07) is 6.96. The number of methoxy groups -OCH3 is 1. The van der Waals surface area contributed by atoms with Gasteiger partial charge in [0.05, 0.1) is 13.2 Å². The van der Waals surface area contributed by atoms with E-state index in [1.54, 1.807) is 45.3 Å². The molecule has 0 radical (unpaired) electrons. The van der Waals surface area contributed by atoms with Gasteiger partial charge in [-0.3, -0.25) is 4.79 Å². The maximum atomic E-state index is 11.9. The van der Waals surface area contributed by atoms with Gasteiger partial charge in [-0.25, -0.2) is 0 Å². The van der Waals surface area contributed by atoms with Gasteiger partial charge < -0.3 is 14.7 Å². The van der Waals surface area contributed by atoms with Crippen molar-refractivity contribution in [3.05, 3.63) is 29.8 Å². The first-order valence-electron chi connectivity index (χ1n) is 5.12. The van der Waals surface area contributed by atoms with Gasteiger partial charge in [0.15, 0.2) is 0 Å². The molecule has 16 heavy (non-hydrogen) atoms. The number of nitrogens with zero attached hydrogens (tertiary/aromatic N) is 1. The Morgan fingerprint density at radius 3 is 2.81 bits per heavy atom. The van der Waals surface area contributed by atoms with Crippen LogP contribution in [0.2, 0.25) is 0 Å². The quantitative estimate of drug-likeness (QED) is 0.833. The lowest BCUT2D eigenvalue weighted by Gasteiger charge is -2.18. The predicted octanol–water partition coefficient (Wildman–Crippen LogP) is 1.15. The van der Waals surface area contributed by atoms with Crippen molar-refractivity contribution >= 4 is 5.91 Å². The molecule has 1 N–H and O–H groups in total. The van der Waals surface area contributed by atoms with Gasteiger partial charge in [-0.05, 0) is 25.1 Å². The maximum Gasteiger partial charge on any atom is 0.253 e.